The van der Waals surface area contributed by atoms with Crippen molar-refractivity contribution in [3.05, 3.63) is 11.6 Å². The summed E-state index contributed by atoms with van der Waals surface area (Å²) in [4.78, 5) is 12.8. The fourth-order valence-electron chi connectivity index (χ4n) is 10.8. The van der Waals surface area contributed by atoms with Crippen molar-refractivity contribution in [1.82, 2.24) is 0 Å². The number of aliphatic hydroxyl groups is 3. The van der Waals surface area contributed by atoms with Crippen molar-refractivity contribution in [3.8, 4) is 0 Å². The molecule has 0 aliphatic heterocycles. The van der Waals surface area contributed by atoms with Gasteiger partial charge in [0, 0.05) is 5.41 Å². The zero-order chi connectivity index (χ0) is 25.8. The average Bonchev–Trinajstić information content (AvgIpc) is 2.77. The van der Waals surface area contributed by atoms with Gasteiger partial charge in [-0.2, -0.15) is 0 Å². The van der Waals surface area contributed by atoms with Gasteiger partial charge in [0.25, 0.3) is 0 Å². The number of carboxylic acid groups (broad SMARTS) is 1. The van der Waals surface area contributed by atoms with E-state index in [1.54, 1.807) is 0 Å². The largest absolute Gasteiger partial charge is 0.481 e. The maximum absolute atomic E-state index is 12.8. The first-order valence-electron chi connectivity index (χ1n) is 14.0. The summed E-state index contributed by atoms with van der Waals surface area (Å²) in [6.45, 7) is 13.6. The molecule has 0 aromatic carbocycles. The molecule has 10 atom stereocenters. The van der Waals surface area contributed by atoms with Gasteiger partial charge < -0.3 is 20.4 Å². The number of hydrogen-bond acceptors (Lipinski definition) is 4. The van der Waals surface area contributed by atoms with E-state index in [1.165, 1.54) is 5.57 Å². The molecule has 0 radical (unpaired) electrons. The number of aliphatic hydroxyl groups excluding tert-OH is 3. The first-order chi connectivity index (χ1) is 16.1. The minimum absolute atomic E-state index is 0.00698. The van der Waals surface area contributed by atoms with Crippen LogP contribution in [-0.2, 0) is 4.79 Å². The Morgan fingerprint density at radius 2 is 1.60 bits per heavy atom. The molecular formula is C30H48O5. The molecule has 5 aliphatic rings. The molecular weight excluding hydrogens is 440 g/mol. The van der Waals surface area contributed by atoms with Crippen molar-refractivity contribution >= 4 is 5.97 Å². The van der Waals surface area contributed by atoms with Crippen molar-refractivity contribution in [2.45, 2.75) is 112 Å². The van der Waals surface area contributed by atoms with Gasteiger partial charge in [-0.1, -0.05) is 53.2 Å². The van der Waals surface area contributed by atoms with Crippen LogP contribution in [0.15, 0.2) is 11.6 Å². The van der Waals surface area contributed by atoms with Gasteiger partial charge in [-0.25, -0.2) is 0 Å². The molecule has 0 bridgehead atoms. The summed E-state index contributed by atoms with van der Waals surface area (Å²) in [7, 11) is 0. The van der Waals surface area contributed by atoms with Crippen molar-refractivity contribution in [3.63, 3.8) is 0 Å². The molecule has 0 heterocycles. The van der Waals surface area contributed by atoms with Crippen molar-refractivity contribution in [2.75, 3.05) is 6.61 Å². The molecule has 0 saturated heterocycles. The Kier molecular flexibility index (Phi) is 5.56. The number of aliphatic carboxylic acids is 1. The fraction of sp³-hybridized carbons (Fsp3) is 0.900. The second-order valence-corrected chi connectivity index (χ2v) is 15.1. The average molecular weight is 489 g/mol. The molecule has 0 aromatic heterocycles. The fourth-order valence-corrected chi connectivity index (χ4v) is 10.8. The van der Waals surface area contributed by atoms with E-state index in [-0.39, 0.29) is 40.1 Å². The second-order valence-electron chi connectivity index (χ2n) is 15.1. The summed E-state index contributed by atoms with van der Waals surface area (Å²) < 4.78 is 0. The van der Waals surface area contributed by atoms with E-state index in [4.69, 9.17) is 0 Å². The van der Waals surface area contributed by atoms with E-state index in [0.29, 0.717) is 12.3 Å². The quantitative estimate of drug-likeness (QED) is 0.402. The highest BCUT2D eigenvalue weighted by Crippen LogP contribution is 2.75. The smallest absolute Gasteiger partial charge is 0.310 e. The van der Waals surface area contributed by atoms with E-state index in [2.05, 4.69) is 40.7 Å². The molecule has 4 saturated carbocycles. The van der Waals surface area contributed by atoms with Gasteiger partial charge in [0.2, 0.25) is 0 Å². The summed E-state index contributed by atoms with van der Waals surface area (Å²) >= 11 is 0. The molecule has 198 valence electrons. The van der Waals surface area contributed by atoms with Gasteiger partial charge in [-0.3, -0.25) is 4.79 Å². The van der Waals surface area contributed by atoms with Gasteiger partial charge in [0.05, 0.1) is 24.2 Å². The Morgan fingerprint density at radius 1 is 0.943 bits per heavy atom. The van der Waals surface area contributed by atoms with E-state index in [0.717, 1.165) is 51.4 Å². The van der Waals surface area contributed by atoms with Gasteiger partial charge in [-0.05, 0) is 97.2 Å². The van der Waals surface area contributed by atoms with Gasteiger partial charge in [0.1, 0.15) is 0 Å². The number of allylic oxidation sites excluding steroid dienone is 2. The van der Waals surface area contributed by atoms with E-state index >= 15 is 0 Å². The van der Waals surface area contributed by atoms with Crippen LogP contribution in [-0.4, -0.2) is 45.2 Å². The maximum atomic E-state index is 12.8. The van der Waals surface area contributed by atoms with Crippen LogP contribution in [0.1, 0.15) is 99.3 Å². The highest BCUT2D eigenvalue weighted by molar-refractivity contribution is 5.76. The first kappa shape index (κ1) is 25.7. The normalized spacial score (nSPS) is 55.0. The number of carboxylic acids is 1. The molecule has 5 heteroatoms. The lowest BCUT2D eigenvalue weighted by atomic mass is 9.33. The lowest BCUT2D eigenvalue weighted by Crippen LogP contribution is -2.68. The molecule has 4 fully saturated rings. The summed E-state index contributed by atoms with van der Waals surface area (Å²) in [6, 6.07) is 0. The van der Waals surface area contributed by atoms with Crippen LogP contribution in [0.5, 0.6) is 0 Å². The van der Waals surface area contributed by atoms with Crippen molar-refractivity contribution in [1.29, 1.82) is 0 Å². The third kappa shape index (κ3) is 3.07. The minimum atomic E-state index is -0.907. The van der Waals surface area contributed by atoms with E-state index < -0.39 is 29.0 Å². The maximum Gasteiger partial charge on any atom is 0.310 e. The highest BCUT2D eigenvalue weighted by Gasteiger charge is 2.70. The number of fused-ring (bicyclic) bond motifs is 7. The summed E-state index contributed by atoms with van der Waals surface area (Å²) in [5.74, 6) is -0.0472. The molecule has 35 heavy (non-hydrogen) atoms. The highest BCUT2D eigenvalue weighted by atomic mass is 16.4. The van der Waals surface area contributed by atoms with E-state index in [9.17, 15) is 25.2 Å². The lowest BCUT2D eigenvalue weighted by molar-refractivity contribution is -0.243. The number of rotatable bonds is 2. The second kappa shape index (κ2) is 7.57. The molecule has 5 rings (SSSR count). The number of carbonyl (C=O) groups is 1. The van der Waals surface area contributed by atoms with Crippen LogP contribution in [0.25, 0.3) is 0 Å². The number of hydrogen-bond donors (Lipinski definition) is 4. The van der Waals surface area contributed by atoms with Crippen molar-refractivity contribution in [2.24, 2.45) is 50.2 Å². The Morgan fingerprint density at radius 3 is 2.23 bits per heavy atom. The van der Waals surface area contributed by atoms with Crippen LogP contribution in [0.4, 0.5) is 0 Å². The first-order valence-corrected chi connectivity index (χ1v) is 14.0. The van der Waals surface area contributed by atoms with E-state index in [1.807, 2.05) is 6.92 Å². The topological polar surface area (TPSA) is 98.0 Å². The molecule has 0 unspecified atom stereocenters. The third-order valence-corrected chi connectivity index (χ3v) is 13.2. The summed E-state index contributed by atoms with van der Waals surface area (Å²) in [5, 5.41) is 42.8. The zero-order valence-electron chi connectivity index (χ0n) is 22.7. The summed E-state index contributed by atoms with van der Waals surface area (Å²) in [6.07, 6.45) is 8.40. The molecule has 5 aliphatic carbocycles. The standard InChI is InChI=1S/C30H48O5/c1-25(2)11-13-30(24(34)35)14-12-28(5)18(19(30)15-25)7-8-22-26(3)16-20(32)23(33)27(4,17-31)21(26)9-10-29(22,28)6/h7,19-23,31-33H,8-17H2,1-6H3,(H,34,35)/t19-,20+,21+,22+,23-,26-,27-,28-,29+,30-/m0/s1. The van der Waals surface area contributed by atoms with Crippen LogP contribution in [0.2, 0.25) is 0 Å². The Bertz CT molecular complexity index is 941. The van der Waals surface area contributed by atoms with Crippen LogP contribution < -0.4 is 0 Å². The van der Waals surface area contributed by atoms with Gasteiger partial charge >= 0.3 is 5.97 Å². The van der Waals surface area contributed by atoms with Crippen LogP contribution in [0.3, 0.4) is 0 Å². The van der Waals surface area contributed by atoms with Gasteiger partial charge in [-0.15, -0.1) is 0 Å². The SMILES string of the molecule is CC1(C)CC[C@]2(C(=O)O)CC[C@@]3(C)C(=CC[C@@H]4[C@@]5(C)C[C@@H](O)[C@H](O)[C@@](C)(CO)[C@@H]5CC[C@]43C)[C@@H]2C1. The molecule has 4 N–H and O–H groups in total. The summed E-state index contributed by atoms with van der Waals surface area (Å²) in [5.41, 5.74) is -0.0632. The minimum Gasteiger partial charge on any atom is -0.481 e. The lowest BCUT2D eigenvalue weighted by Gasteiger charge is -2.71. The van der Waals surface area contributed by atoms with Crippen LogP contribution >= 0.6 is 0 Å². The Labute approximate surface area is 211 Å². The molecule has 0 amide bonds. The van der Waals surface area contributed by atoms with Gasteiger partial charge in [0.15, 0.2) is 0 Å². The molecule has 0 aromatic rings. The predicted molar refractivity (Wildman–Crippen MR) is 135 cm³/mol. The Balaban J connectivity index is 1.61. The molecule has 5 nitrogen and oxygen atoms in total. The zero-order valence-corrected chi connectivity index (χ0v) is 22.7. The van der Waals surface area contributed by atoms with Crippen LogP contribution in [0, 0.1) is 50.2 Å². The van der Waals surface area contributed by atoms with Crippen molar-refractivity contribution < 1.29 is 25.2 Å². The molecule has 0 spiro atoms. The third-order valence-electron chi connectivity index (χ3n) is 13.2. The predicted octanol–water partition coefficient (Wildman–Crippen LogP) is 5.18. The Hall–Kier alpha value is -0.910. The monoisotopic (exact) mass is 488 g/mol.